The van der Waals surface area contributed by atoms with E-state index in [1.165, 1.54) is 49.8 Å². The van der Waals surface area contributed by atoms with Crippen molar-refractivity contribution in [2.45, 2.75) is 15.6 Å². The monoisotopic (exact) mass is 441 g/mol. The second-order valence-corrected chi connectivity index (χ2v) is 9.38. The summed E-state index contributed by atoms with van der Waals surface area (Å²) in [6.45, 7) is -0.0541. The molecule has 0 aliphatic carbocycles. The van der Waals surface area contributed by atoms with Crippen molar-refractivity contribution in [2.24, 2.45) is 0 Å². The summed E-state index contributed by atoms with van der Waals surface area (Å²) in [5.74, 6) is -0.831. The number of carbonyl (C=O) groups is 1. The second kappa shape index (κ2) is 7.82. The molecule has 3 aromatic rings. The van der Waals surface area contributed by atoms with E-state index in [0.717, 1.165) is 16.2 Å². The number of amides is 1. The van der Waals surface area contributed by atoms with Crippen LogP contribution in [0.5, 0.6) is 0 Å². The minimum atomic E-state index is -4.06. The van der Waals surface area contributed by atoms with E-state index < -0.39 is 21.9 Å². The summed E-state index contributed by atoms with van der Waals surface area (Å²) in [6, 6.07) is 6.84. The number of rotatable bonds is 5. The Morgan fingerprint density at radius 3 is 2.64 bits per heavy atom. The van der Waals surface area contributed by atoms with Crippen LogP contribution in [0, 0.1) is 5.95 Å². The molecular formula is C17H13ClFN3O4S2. The van der Waals surface area contributed by atoms with Crippen LogP contribution in [0.1, 0.15) is 4.88 Å². The van der Waals surface area contributed by atoms with Crippen LogP contribution in [0.25, 0.3) is 11.1 Å². The number of carboxylic acid groups (broad SMARTS) is 1. The zero-order chi connectivity index (χ0) is 20.5. The van der Waals surface area contributed by atoms with Crippen LogP contribution < -0.4 is 0 Å². The van der Waals surface area contributed by atoms with Gasteiger partial charge in [0.15, 0.2) is 0 Å². The van der Waals surface area contributed by atoms with Crippen molar-refractivity contribution in [1.82, 2.24) is 14.9 Å². The van der Waals surface area contributed by atoms with E-state index in [9.17, 15) is 17.6 Å². The third-order valence-electron chi connectivity index (χ3n) is 3.77. The Balaban J connectivity index is 2.20. The van der Waals surface area contributed by atoms with Crippen molar-refractivity contribution >= 4 is 38.9 Å². The SMILES string of the molecule is CN(Cc1cc(-c2cccnc2F)c(S(=O)(=O)c2ccnc(Cl)c2)s1)C(=O)O. The van der Waals surface area contributed by atoms with Crippen LogP contribution in [0.15, 0.2) is 51.8 Å². The molecule has 0 fully saturated rings. The zero-order valence-corrected chi connectivity index (χ0v) is 16.7. The third-order valence-corrected chi connectivity index (χ3v) is 7.38. The fourth-order valence-electron chi connectivity index (χ4n) is 2.44. The van der Waals surface area contributed by atoms with Gasteiger partial charge in [-0.15, -0.1) is 11.3 Å². The molecule has 0 bridgehead atoms. The summed E-state index contributed by atoms with van der Waals surface area (Å²) in [4.78, 5) is 19.8. The van der Waals surface area contributed by atoms with Gasteiger partial charge in [-0.1, -0.05) is 11.6 Å². The van der Waals surface area contributed by atoms with Crippen LogP contribution in [0.3, 0.4) is 0 Å². The summed E-state index contributed by atoms with van der Waals surface area (Å²) in [5.41, 5.74) is 0.110. The smallest absolute Gasteiger partial charge is 0.407 e. The van der Waals surface area contributed by atoms with Gasteiger partial charge in [0.1, 0.15) is 9.36 Å². The van der Waals surface area contributed by atoms with Gasteiger partial charge in [-0.3, -0.25) is 0 Å². The number of aromatic nitrogens is 2. The molecule has 0 aromatic carbocycles. The van der Waals surface area contributed by atoms with Crippen LogP contribution >= 0.6 is 22.9 Å². The molecule has 0 saturated carbocycles. The summed E-state index contributed by atoms with van der Waals surface area (Å²) < 4.78 is 40.5. The van der Waals surface area contributed by atoms with E-state index in [4.69, 9.17) is 16.7 Å². The van der Waals surface area contributed by atoms with Crippen molar-refractivity contribution in [3.63, 3.8) is 0 Å². The lowest BCUT2D eigenvalue weighted by atomic mass is 10.1. The van der Waals surface area contributed by atoms with Gasteiger partial charge in [-0.25, -0.2) is 23.2 Å². The molecule has 11 heteroatoms. The normalized spacial score (nSPS) is 11.4. The molecule has 0 aliphatic rings. The van der Waals surface area contributed by atoms with Crippen molar-refractivity contribution in [1.29, 1.82) is 0 Å². The van der Waals surface area contributed by atoms with E-state index in [-0.39, 0.29) is 31.9 Å². The van der Waals surface area contributed by atoms with Gasteiger partial charge in [-0.2, -0.15) is 4.39 Å². The molecule has 0 atom stereocenters. The lowest BCUT2D eigenvalue weighted by Crippen LogP contribution is -2.23. The number of thiophene rings is 1. The van der Waals surface area contributed by atoms with Crippen LogP contribution in [-0.2, 0) is 16.4 Å². The molecule has 1 amide bonds. The number of nitrogens with zero attached hydrogens (tertiary/aromatic N) is 3. The average Bonchev–Trinajstić information content (AvgIpc) is 3.06. The lowest BCUT2D eigenvalue weighted by molar-refractivity contribution is 0.154. The predicted molar refractivity (Wildman–Crippen MR) is 102 cm³/mol. The predicted octanol–water partition coefficient (Wildman–Crippen LogP) is 3.94. The van der Waals surface area contributed by atoms with Crippen molar-refractivity contribution < 1.29 is 22.7 Å². The van der Waals surface area contributed by atoms with Gasteiger partial charge >= 0.3 is 6.09 Å². The average molecular weight is 442 g/mol. The number of hydrogen-bond donors (Lipinski definition) is 1. The maximum atomic E-state index is 14.3. The Labute approximate surface area is 169 Å². The number of sulfone groups is 1. The molecule has 28 heavy (non-hydrogen) atoms. The van der Waals surface area contributed by atoms with Crippen LogP contribution in [-0.4, -0.2) is 41.5 Å². The molecule has 3 rings (SSSR count). The minimum absolute atomic E-state index is 0.00158. The lowest BCUT2D eigenvalue weighted by Gasteiger charge is -2.10. The van der Waals surface area contributed by atoms with E-state index in [0.29, 0.717) is 4.88 Å². The summed E-state index contributed by atoms with van der Waals surface area (Å²) >= 11 is 6.68. The maximum Gasteiger partial charge on any atom is 0.407 e. The Morgan fingerprint density at radius 2 is 2.00 bits per heavy atom. The highest BCUT2D eigenvalue weighted by Crippen LogP contribution is 2.39. The van der Waals surface area contributed by atoms with E-state index in [1.807, 2.05) is 0 Å². The van der Waals surface area contributed by atoms with Crippen LogP contribution in [0.2, 0.25) is 5.15 Å². The molecule has 1 N–H and O–H groups in total. The highest BCUT2D eigenvalue weighted by atomic mass is 35.5. The standard InChI is InChI=1S/C17H13ClFN3O4S2/c1-22(17(23)24)9-10-7-13(12-3-2-5-21-15(12)19)16(27-10)28(25,26)11-4-6-20-14(18)8-11/h2-8H,9H2,1H3,(H,23,24). The number of halogens is 2. The molecule has 3 aromatic heterocycles. The first-order chi connectivity index (χ1) is 13.2. The van der Waals surface area contributed by atoms with Crippen molar-refractivity contribution in [3.05, 3.63) is 58.7 Å². The fraction of sp³-hybridized carbons (Fsp3) is 0.118. The molecular weight excluding hydrogens is 429 g/mol. The largest absolute Gasteiger partial charge is 0.465 e. The number of pyridine rings is 2. The molecule has 146 valence electrons. The first kappa shape index (κ1) is 20.2. The fourth-order valence-corrected chi connectivity index (χ4v) is 5.85. The van der Waals surface area contributed by atoms with Gasteiger partial charge in [0, 0.05) is 35.4 Å². The van der Waals surface area contributed by atoms with Gasteiger partial charge in [0.25, 0.3) is 0 Å². The molecule has 0 aliphatic heterocycles. The second-order valence-electron chi connectivity index (χ2n) is 5.71. The minimum Gasteiger partial charge on any atom is -0.465 e. The van der Waals surface area contributed by atoms with Crippen molar-refractivity contribution in [2.75, 3.05) is 7.05 Å². The summed E-state index contributed by atoms with van der Waals surface area (Å²) in [7, 11) is -2.71. The molecule has 0 spiro atoms. The van der Waals surface area contributed by atoms with Gasteiger partial charge < -0.3 is 10.0 Å². The van der Waals surface area contributed by atoms with Gasteiger partial charge in [-0.05, 0) is 30.3 Å². The highest BCUT2D eigenvalue weighted by molar-refractivity contribution is 7.93. The summed E-state index contributed by atoms with van der Waals surface area (Å²) in [6.07, 6.45) is 1.33. The highest BCUT2D eigenvalue weighted by Gasteiger charge is 2.28. The summed E-state index contributed by atoms with van der Waals surface area (Å²) in [5, 5.41) is 9.07. The Kier molecular flexibility index (Phi) is 5.64. The van der Waals surface area contributed by atoms with Gasteiger partial charge in [0.05, 0.1) is 11.4 Å². The Bertz CT molecular complexity index is 1150. The quantitative estimate of drug-likeness (QED) is 0.602. The maximum absolute atomic E-state index is 14.3. The van der Waals surface area contributed by atoms with Gasteiger partial charge in [0.2, 0.25) is 15.8 Å². The zero-order valence-electron chi connectivity index (χ0n) is 14.3. The van der Waals surface area contributed by atoms with E-state index >= 15 is 0 Å². The Morgan fingerprint density at radius 1 is 1.25 bits per heavy atom. The molecule has 7 nitrogen and oxygen atoms in total. The molecule has 0 saturated heterocycles. The van der Waals surface area contributed by atoms with Crippen LogP contribution in [0.4, 0.5) is 9.18 Å². The molecule has 0 unspecified atom stereocenters. The first-order valence-electron chi connectivity index (χ1n) is 7.74. The first-order valence-corrected chi connectivity index (χ1v) is 10.4. The number of hydrogen-bond acceptors (Lipinski definition) is 6. The molecule has 0 radical (unpaired) electrons. The van der Waals surface area contributed by atoms with Crippen molar-refractivity contribution in [3.8, 4) is 11.1 Å². The third kappa shape index (κ3) is 3.98. The Hall–Kier alpha value is -2.56. The molecule has 3 heterocycles. The van der Waals surface area contributed by atoms with E-state index in [1.54, 1.807) is 0 Å². The topological polar surface area (TPSA) is 100 Å². The van der Waals surface area contributed by atoms with E-state index in [2.05, 4.69) is 9.97 Å².